The first-order valence-electron chi connectivity index (χ1n) is 8.07. The van der Waals surface area contributed by atoms with Gasteiger partial charge in [-0.3, -0.25) is 4.99 Å². The Labute approximate surface area is 143 Å². The number of aryl methyl sites for hydroxylation is 1. The summed E-state index contributed by atoms with van der Waals surface area (Å²) in [5.41, 5.74) is 4.14. The number of hydrogen-bond donors (Lipinski definition) is 0. The molecule has 0 unspecified atom stereocenters. The van der Waals surface area contributed by atoms with Gasteiger partial charge < -0.3 is 0 Å². The van der Waals surface area contributed by atoms with E-state index in [9.17, 15) is 0 Å². The van der Waals surface area contributed by atoms with E-state index < -0.39 is 8.07 Å². The van der Waals surface area contributed by atoms with E-state index in [1.807, 2.05) is 53.4 Å². The van der Waals surface area contributed by atoms with E-state index in [4.69, 9.17) is 0 Å². The summed E-state index contributed by atoms with van der Waals surface area (Å²) in [6.45, 7) is 8.89. The molecule has 0 spiro atoms. The van der Waals surface area contributed by atoms with E-state index in [0.717, 1.165) is 22.4 Å². The lowest BCUT2D eigenvalue weighted by molar-refractivity contribution is 0.801. The standard InChI is InChI=1S/C19H22N4Si/c1-15-10-12-16(13-11-15)20-14-18-19(24(2,3)4)21-22-23(18)17-8-6-5-7-9-17/h5-14H,1-4H3. The molecule has 0 aliphatic carbocycles. The highest BCUT2D eigenvalue weighted by atomic mass is 28.3. The molecule has 0 atom stereocenters. The number of aromatic nitrogens is 3. The second-order valence-electron chi connectivity index (χ2n) is 6.91. The molecule has 0 bridgehead atoms. The molecule has 4 nitrogen and oxygen atoms in total. The molecule has 122 valence electrons. The van der Waals surface area contributed by atoms with Crippen LogP contribution in [0.3, 0.4) is 0 Å². The van der Waals surface area contributed by atoms with Crippen molar-refractivity contribution in [1.82, 2.24) is 15.0 Å². The van der Waals surface area contributed by atoms with Crippen LogP contribution in [-0.2, 0) is 0 Å². The highest BCUT2D eigenvalue weighted by Gasteiger charge is 2.26. The van der Waals surface area contributed by atoms with Gasteiger partial charge in [0.15, 0.2) is 0 Å². The van der Waals surface area contributed by atoms with Crippen molar-refractivity contribution < 1.29 is 0 Å². The van der Waals surface area contributed by atoms with Crippen LogP contribution in [0.2, 0.25) is 19.6 Å². The third-order valence-electron chi connectivity index (χ3n) is 3.79. The Morgan fingerprint density at radius 3 is 2.25 bits per heavy atom. The van der Waals surface area contributed by atoms with Crippen molar-refractivity contribution in [2.75, 3.05) is 0 Å². The summed E-state index contributed by atoms with van der Waals surface area (Å²) in [5, 5.41) is 9.93. The summed E-state index contributed by atoms with van der Waals surface area (Å²) in [7, 11) is -1.62. The van der Waals surface area contributed by atoms with Crippen molar-refractivity contribution in [1.29, 1.82) is 0 Å². The summed E-state index contributed by atoms with van der Waals surface area (Å²) >= 11 is 0. The van der Waals surface area contributed by atoms with Crippen molar-refractivity contribution in [3.8, 4) is 5.69 Å². The average molecular weight is 334 g/mol. The van der Waals surface area contributed by atoms with Gasteiger partial charge in [-0.2, -0.15) is 0 Å². The van der Waals surface area contributed by atoms with Crippen molar-refractivity contribution >= 4 is 25.3 Å². The monoisotopic (exact) mass is 334 g/mol. The molecule has 0 radical (unpaired) electrons. The van der Waals surface area contributed by atoms with Gasteiger partial charge in [0.2, 0.25) is 0 Å². The molecule has 2 aromatic carbocycles. The van der Waals surface area contributed by atoms with Crippen LogP contribution >= 0.6 is 0 Å². The Morgan fingerprint density at radius 2 is 1.62 bits per heavy atom. The molecule has 1 aromatic heterocycles. The summed E-state index contributed by atoms with van der Waals surface area (Å²) in [6, 6.07) is 18.3. The zero-order valence-corrected chi connectivity index (χ0v) is 15.6. The van der Waals surface area contributed by atoms with Crippen LogP contribution < -0.4 is 5.32 Å². The van der Waals surface area contributed by atoms with E-state index in [-0.39, 0.29) is 0 Å². The first-order valence-corrected chi connectivity index (χ1v) is 11.6. The Morgan fingerprint density at radius 1 is 0.958 bits per heavy atom. The van der Waals surface area contributed by atoms with Gasteiger partial charge in [-0.05, 0) is 31.2 Å². The quantitative estimate of drug-likeness (QED) is 0.537. The molecule has 0 saturated carbocycles. The number of para-hydroxylation sites is 1. The predicted molar refractivity (Wildman–Crippen MR) is 103 cm³/mol. The molecule has 0 amide bonds. The summed E-state index contributed by atoms with van der Waals surface area (Å²) in [6.07, 6.45) is 1.89. The number of nitrogens with zero attached hydrogens (tertiary/aromatic N) is 4. The summed E-state index contributed by atoms with van der Waals surface area (Å²) in [5.74, 6) is 0. The van der Waals surface area contributed by atoms with E-state index in [1.54, 1.807) is 0 Å². The molecule has 3 aromatic rings. The van der Waals surface area contributed by atoms with Crippen LogP contribution in [0.5, 0.6) is 0 Å². The summed E-state index contributed by atoms with van der Waals surface area (Å²) in [4.78, 5) is 4.65. The van der Waals surface area contributed by atoms with Crippen LogP contribution in [-0.4, -0.2) is 29.3 Å². The first kappa shape index (κ1) is 16.3. The Bertz CT molecular complexity index is 843. The van der Waals surface area contributed by atoms with Crippen LogP contribution in [0.4, 0.5) is 5.69 Å². The second-order valence-corrected chi connectivity index (χ2v) is 11.9. The third-order valence-corrected chi connectivity index (χ3v) is 5.56. The Kier molecular flexibility index (Phi) is 4.44. The maximum absolute atomic E-state index is 4.65. The summed E-state index contributed by atoms with van der Waals surface area (Å²) < 4.78 is 1.88. The Balaban J connectivity index is 2.07. The van der Waals surface area contributed by atoms with Gasteiger partial charge in [0.25, 0.3) is 0 Å². The minimum Gasteiger partial charge on any atom is -0.255 e. The van der Waals surface area contributed by atoms with Crippen LogP contribution in [0, 0.1) is 6.92 Å². The van der Waals surface area contributed by atoms with Crippen molar-refractivity contribution in [3.05, 3.63) is 65.9 Å². The molecule has 0 aliphatic rings. The van der Waals surface area contributed by atoms with Crippen LogP contribution in [0.25, 0.3) is 5.69 Å². The number of hydrogen-bond acceptors (Lipinski definition) is 3. The van der Waals surface area contributed by atoms with E-state index in [0.29, 0.717) is 0 Å². The zero-order valence-electron chi connectivity index (χ0n) is 14.6. The van der Waals surface area contributed by atoms with E-state index >= 15 is 0 Å². The molecular formula is C19H22N4Si. The largest absolute Gasteiger partial charge is 0.255 e. The SMILES string of the molecule is Cc1ccc(N=Cc2c([Si](C)(C)C)nnn2-c2ccccc2)cc1. The van der Waals surface area contributed by atoms with Gasteiger partial charge in [0.05, 0.1) is 22.9 Å². The minimum atomic E-state index is -1.62. The number of rotatable bonds is 4. The lowest BCUT2D eigenvalue weighted by Crippen LogP contribution is -2.41. The molecule has 0 fully saturated rings. The average Bonchev–Trinajstić information content (AvgIpc) is 2.99. The molecular weight excluding hydrogens is 312 g/mol. The minimum absolute atomic E-state index is 0.933. The molecule has 5 heteroatoms. The number of benzene rings is 2. The molecule has 24 heavy (non-hydrogen) atoms. The molecule has 3 rings (SSSR count). The van der Waals surface area contributed by atoms with Gasteiger partial charge in [-0.25, -0.2) is 4.68 Å². The maximum atomic E-state index is 4.65. The molecule has 1 heterocycles. The third kappa shape index (κ3) is 3.51. The normalized spacial score (nSPS) is 12.0. The van der Waals surface area contributed by atoms with Crippen molar-refractivity contribution in [3.63, 3.8) is 0 Å². The fourth-order valence-corrected chi connectivity index (χ4v) is 3.75. The van der Waals surface area contributed by atoms with E-state index in [1.165, 1.54) is 5.56 Å². The lowest BCUT2D eigenvalue weighted by atomic mass is 10.2. The number of aliphatic imine (C=N–C) groups is 1. The Hall–Kier alpha value is -2.53. The van der Waals surface area contributed by atoms with Crippen molar-refractivity contribution in [2.45, 2.75) is 26.6 Å². The van der Waals surface area contributed by atoms with Crippen LogP contribution in [0.1, 0.15) is 11.3 Å². The topological polar surface area (TPSA) is 43.1 Å². The highest BCUT2D eigenvalue weighted by Crippen LogP contribution is 2.14. The molecule has 0 aliphatic heterocycles. The fraction of sp³-hybridized carbons (Fsp3) is 0.211. The maximum Gasteiger partial charge on any atom is 0.107 e. The highest BCUT2D eigenvalue weighted by molar-refractivity contribution is 6.88. The van der Waals surface area contributed by atoms with E-state index in [2.05, 4.69) is 54.0 Å². The van der Waals surface area contributed by atoms with Crippen LogP contribution in [0.15, 0.2) is 59.6 Å². The lowest BCUT2D eigenvalue weighted by Gasteiger charge is -2.13. The molecule has 0 N–H and O–H groups in total. The van der Waals surface area contributed by atoms with Crippen molar-refractivity contribution in [2.24, 2.45) is 4.99 Å². The van der Waals surface area contributed by atoms with Gasteiger partial charge >= 0.3 is 0 Å². The first-order chi connectivity index (χ1) is 11.4. The fourth-order valence-electron chi connectivity index (χ4n) is 2.47. The predicted octanol–water partition coefficient (Wildman–Crippen LogP) is 3.87. The van der Waals surface area contributed by atoms with Gasteiger partial charge in [0.1, 0.15) is 13.8 Å². The molecule has 0 saturated heterocycles. The smallest absolute Gasteiger partial charge is 0.107 e. The van der Waals surface area contributed by atoms with Gasteiger partial charge in [0, 0.05) is 0 Å². The zero-order chi connectivity index (χ0) is 17.2. The van der Waals surface area contributed by atoms with Gasteiger partial charge in [-0.1, -0.05) is 60.7 Å². The second kappa shape index (κ2) is 6.53. The van der Waals surface area contributed by atoms with Gasteiger partial charge in [-0.15, -0.1) is 5.10 Å².